The van der Waals surface area contributed by atoms with Crippen LogP contribution in [0.2, 0.25) is 0 Å². The maximum absolute atomic E-state index is 12.7. The van der Waals surface area contributed by atoms with Crippen LogP contribution in [0, 0.1) is 11.8 Å². The molecule has 0 aliphatic rings. The van der Waals surface area contributed by atoms with Crippen LogP contribution >= 0.6 is 0 Å². The minimum absolute atomic E-state index is 0.0297. The molecule has 0 bridgehead atoms. The molecule has 0 saturated heterocycles. The number of ether oxygens (including phenoxy) is 2. The van der Waals surface area contributed by atoms with Gasteiger partial charge in [0.25, 0.3) is 0 Å². The molecule has 0 amide bonds. The molecule has 7 nitrogen and oxygen atoms in total. The number of carbonyl (C=O) groups excluding carboxylic acids is 2. The molecular formula is C22H40O7. The predicted molar refractivity (Wildman–Crippen MR) is 110 cm³/mol. The van der Waals surface area contributed by atoms with Crippen molar-refractivity contribution in [1.29, 1.82) is 0 Å². The van der Waals surface area contributed by atoms with Crippen LogP contribution in [0.15, 0.2) is 0 Å². The first-order valence-electron chi connectivity index (χ1n) is 11.0. The number of aliphatic carboxylic acids is 1. The van der Waals surface area contributed by atoms with E-state index in [1.165, 1.54) is 0 Å². The van der Waals surface area contributed by atoms with Gasteiger partial charge in [-0.05, 0) is 25.2 Å². The number of aliphatic hydroxyl groups is 1. The van der Waals surface area contributed by atoms with Crippen molar-refractivity contribution in [3.05, 3.63) is 0 Å². The Labute approximate surface area is 175 Å². The summed E-state index contributed by atoms with van der Waals surface area (Å²) in [5.74, 6) is -4.56. The number of hydrogen-bond donors (Lipinski definition) is 2. The van der Waals surface area contributed by atoms with Crippen LogP contribution in [0.5, 0.6) is 0 Å². The Bertz CT molecular complexity index is 490. The van der Waals surface area contributed by atoms with Gasteiger partial charge >= 0.3 is 17.9 Å². The maximum Gasteiger partial charge on any atom is 0.339 e. The molecule has 0 heterocycles. The normalized spacial score (nSPS) is 15.2. The van der Waals surface area contributed by atoms with Crippen LogP contribution in [0.1, 0.15) is 91.9 Å². The second-order valence-corrected chi connectivity index (χ2v) is 7.71. The number of rotatable bonds is 17. The number of unbranched alkanes of at least 4 members (excludes halogenated alkanes) is 3. The molecule has 7 heteroatoms. The number of esters is 2. The van der Waals surface area contributed by atoms with Gasteiger partial charge < -0.3 is 19.7 Å². The van der Waals surface area contributed by atoms with Gasteiger partial charge in [0.2, 0.25) is 0 Å². The van der Waals surface area contributed by atoms with E-state index in [4.69, 9.17) is 9.47 Å². The number of hydrogen-bond acceptors (Lipinski definition) is 6. The van der Waals surface area contributed by atoms with Crippen molar-refractivity contribution >= 4 is 17.9 Å². The Balaban J connectivity index is 5.57. The van der Waals surface area contributed by atoms with E-state index in [9.17, 15) is 24.6 Å². The molecule has 29 heavy (non-hydrogen) atoms. The average Bonchev–Trinajstić information content (AvgIpc) is 2.68. The first-order chi connectivity index (χ1) is 13.8. The van der Waals surface area contributed by atoms with Gasteiger partial charge in [0.05, 0.1) is 25.6 Å². The van der Waals surface area contributed by atoms with Crippen LogP contribution in [0.3, 0.4) is 0 Å². The Morgan fingerprint density at radius 1 is 0.897 bits per heavy atom. The summed E-state index contributed by atoms with van der Waals surface area (Å²) in [5, 5.41) is 21.0. The summed E-state index contributed by atoms with van der Waals surface area (Å²) < 4.78 is 10.2. The van der Waals surface area contributed by atoms with E-state index >= 15 is 0 Å². The SMILES string of the molecule is CCCCOC(=O)CC(O)(C(=O)OCCCC)C(CC(CC)CCCC)C(=O)O. The van der Waals surface area contributed by atoms with Crippen LogP contribution in [0.4, 0.5) is 0 Å². The second-order valence-electron chi connectivity index (χ2n) is 7.71. The second kappa shape index (κ2) is 15.2. The monoisotopic (exact) mass is 416 g/mol. The number of carbonyl (C=O) groups is 3. The van der Waals surface area contributed by atoms with Crippen molar-refractivity contribution in [2.75, 3.05) is 13.2 Å². The fraction of sp³-hybridized carbons (Fsp3) is 0.864. The molecule has 0 spiro atoms. The average molecular weight is 417 g/mol. The van der Waals surface area contributed by atoms with E-state index in [2.05, 4.69) is 6.92 Å². The Kier molecular flexibility index (Phi) is 14.4. The Morgan fingerprint density at radius 3 is 1.93 bits per heavy atom. The highest BCUT2D eigenvalue weighted by Gasteiger charge is 2.51. The molecule has 0 fully saturated rings. The molecule has 2 N–H and O–H groups in total. The van der Waals surface area contributed by atoms with E-state index in [0.29, 0.717) is 12.8 Å². The first-order valence-corrected chi connectivity index (χ1v) is 11.0. The maximum atomic E-state index is 12.7. The Morgan fingerprint density at radius 2 is 1.45 bits per heavy atom. The van der Waals surface area contributed by atoms with E-state index < -0.39 is 35.8 Å². The molecule has 0 rings (SSSR count). The molecule has 3 unspecified atom stereocenters. The van der Waals surface area contributed by atoms with Gasteiger partial charge in [-0.25, -0.2) is 4.79 Å². The summed E-state index contributed by atoms with van der Waals surface area (Å²) in [6.45, 7) is 8.11. The highest BCUT2D eigenvalue weighted by Crippen LogP contribution is 2.33. The standard InChI is InChI=1S/C22H40O7/c1-5-9-12-17(8-4)15-18(20(24)25)22(27,21(26)29-14-11-7-3)16-19(23)28-13-10-6-2/h17-18,27H,5-16H2,1-4H3,(H,24,25). The molecule has 170 valence electrons. The lowest BCUT2D eigenvalue weighted by Crippen LogP contribution is -2.52. The van der Waals surface area contributed by atoms with Gasteiger partial charge in [0, 0.05) is 0 Å². The first kappa shape index (κ1) is 27.4. The van der Waals surface area contributed by atoms with Gasteiger partial charge in [-0.2, -0.15) is 0 Å². The quantitative estimate of drug-likeness (QED) is 0.271. The van der Waals surface area contributed by atoms with Crippen LogP contribution in [-0.2, 0) is 23.9 Å². The molecular weight excluding hydrogens is 376 g/mol. The van der Waals surface area contributed by atoms with Crippen LogP contribution in [-0.4, -0.2) is 46.9 Å². The van der Waals surface area contributed by atoms with Crippen molar-refractivity contribution in [1.82, 2.24) is 0 Å². The van der Waals surface area contributed by atoms with E-state index in [-0.39, 0.29) is 25.6 Å². The summed E-state index contributed by atoms with van der Waals surface area (Å²) in [4.78, 5) is 37.0. The van der Waals surface area contributed by atoms with Crippen LogP contribution in [0.25, 0.3) is 0 Å². The molecule has 0 aromatic heterocycles. The number of carboxylic acids is 1. The summed E-state index contributed by atoms with van der Waals surface area (Å²) in [6.07, 6.45) is 5.67. The fourth-order valence-corrected chi connectivity index (χ4v) is 3.19. The van der Waals surface area contributed by atoms with Gasteiger partial charge in [-0.3, -0.25) is 9.59 Å². The van der Waals surface area contributed by atoms with Gasteiger partial charge in [0.15, 0.2) is 5.60 Å². The Hall–Kier alpha value is -1.63. The van der Waals surface area contributed by atoms with E-state index in [1.807, 2.05) is 20.8 Å². The third-order valence-corrected chi connectivity index (χ3v) is 5.25. The van der Waals surface area contributed by atoms with Crippen molar-refractivity contribution < 1.29 is 34.1 Å². The molecule has 0 aliphatic carbocycles. The van der Waals surface area contributed by atoms with E-state index in [1.54, 1.807) is 0 Å². The minimum atomic E-state index is -2.44. The van der Waals surface area contributed by atoms with E-state index in [0.717, 1.165) is 38.5 Å². The van der Waals surface area contributed by atoms with Crippen molar-refractivity contribution in [2.24, 2.45) is 11.8 Å². The fourth-order valence-electron chi connectivity index (χ4n) is 3.19. The van der Waals surface area contributed by atoms with Crippen LogP contribution < -0.4 is 0 Å². The zero-order valence-corrected chi connectivity index (χ0v) is 18.6. The van der Waals surface area contributed by atoms with Crippen molar-refractivity contribution in [2.45, 2.75) is 97.5 Å². The highest BCUT2D eigenvalue weighted by atomic mass is 16.6. The van der Waals surface area contributed by atoms with Crippen molar-refractivity contribution in [3.63, 3.8) is 0 Å². The number of carboxylic acid groups (broad SMARTS) is 1. The predicted octanol–water partition coefficient (Wildman–Crippen LogP) is 4.10. The lowest BCUT2D eigenvalue weighted by Gasteiger charge is -2.33. The van der Waals surface area contributed by atoms with Gasteiger partial charge in [-0.1, -0.05) is 66.2 Å². The molecule has 0 saturated carbocycles. The van der Waals surface area contributed by atoms with Gasteiger partial charge in [0.1, 0.15) is 0 Å². The lowest BCUT2D eigenvalue weighted by atomic mass is 9.77. The van der Waals surface area contributed by atoms with Crippen molar-refractivity contribution in [3.8, 4) is 0 Å². The largest absolute Gasteiger partial charge is 0.481 e. The molecule has 0 radical (unpaired) electrons. The summed E-state index contributed by atoms with van der Waals surface area (Å²) in [6, 6.07) is 0. The summed E-state index contributed by atoms with van der Waals surface area (Å²) in [5.41, 5.74) is -2.44. The molecule has 0 aromatic carbocycles. The zero-order chi connectivity index (χ0) is 22.3. The topological polar surface area (TPSA) is 110 Å². The third-order valence-electron chi connectivity index (χ3n) is 5.25. The molecule has 0 aliphatic heterocycles. The lowest BCUT2D eigenvalue weighted by molar-refractivity contribution is -0.186. The highest BCUT2D eigenvalue weighted by molar-refractivity contribution is 5.91. The third kappa shape index (κ3) is 10.1. The molecule has 3 atom stereocenters. The smallest absolute Gasteiger partial charge is 0.339 e. The van der Waals surface area contributed by atoms with Gasteiger partial charge in [-0.15, -0.1) is 0 Å². The summed E-state index contributed by atoms with van der Waals surface area (Å²) >= 11 is 0. The summed E-state index contributed by atoms with van der Waals surface area (Å²) in [7, 11) is 0. The minimum Gasteiger partial charge on any atom is -0.481 e. The zero-order valence-electron chi connectivity index (χ0n) is 18.6. The molecule has 0 aromatic rings.